The molecule has 0 radical (unpaired) electrons. The fourth-order valence-corrected chi connectivity index (χ4v) is 4.89. The van der Waals surface area contributed by atoms with Crippen molar-refractivity contribution in [2.75, 3.05) is 0 Å². The molecular formula is C30H26O7P2. The van der Waals surface area contributed by atoms with Gasteiger partial charge in [-0.2, -0.15) is 0 Å². The molecule has 0 amide bonds. The van der Waals surface area contributed by atoms with Crippen LogP contribution in [0.1, 0.15) is 0 Å². The fraction of sp³-hybridized carbons (Fsp3) is 0. The van der Waals surface area contributed by atoms with E-state index >= 15 is 0 Å². The van der Waals surface area contributed by atoms with Gasteiger partial charge in [0.1, 0.15) is 11.5 Å². The van der Waals surface area contributed by atoms with Gasteiger partial charge in [0.25, 0.3) is 0 Å². The largest absolute Gasteiger partial charge is 0.508 e. The van der Waals surface area contributed by atoms with E-state index in [2.05, 4.69) is 101 Å². The number of aromatic hydroxyl groups is 2. The maximum absolute atomic E-state index is 8.65. The molecule has 0 spiro atoms. The SMILES string of the molecule is OP(O)OP(O)O.Oc1cccc(O)c1.c1ccc2c(c1)=c1ccccc1=c1ccccc1=c1ccccc1=2. The first kappa shape index (κ1) is 28.4. The van der Waals surface area contributed by atoms with Crippen LogP contribution < -0.4 is 0 Å². The molecule has 39 heavy (non-hydrogen) atoms. The van der Waals surface area contributed by atoms with E-state index < -0.39 is 17.2 Å². The van der Waals surface area contributed by atoms with Crippen molar-refractivity contribution in [3.63, 3.8) is 0 Å². The molecule has 0 fully saturated rings. The summed E-state index contributed by atoms with van der Waals surface area (Å²) in [6.45, 7) is 0. The van der Waals surface area contributed by atoms with Crippen LogP contribution in [0.2, 0.25) is 0 Å². The molecule has 1 aliphatic rings. The van der Waals surface area contributed by atoms with Crippen molar-refractivity contribution in [1.29, 1.82) is 0 Å². The van der Waals surface area contributed by atoms with Crippen molar-refractivity contribution in [3.05, 3.63) is 163 Å². The van der Waals surface area contributed by atoms with Crippen molar-refractivity contribution in [2.24, 2.45) is 0 Å². The second-order valence-electron chi connectivity index (χ2n) is 8.29. The van der Waals surface area contributed by atoms with E-state index in [1.54, 1.807) is 6.07 Å². The van der Waals surface area contributed by atoms with Crippen molar-refractivity contribution in [2.45, 2.75) is 0 Å². The van der Waals surface area contributed by atoms with E-state index in [1.807, 2.05) is 0 Å². The highest BCUT2D eigenvalue weighted by molar-refractivity contribution is 7.53. The third kappa shape index (κ3) is 7.27. The molecule has 0 saturated heterocycles. The summed E-state index contributed by atoms with van der Waals surface area (Å²) in [6.07, 6.45) is 0. The van der Waals surface area contributed by atoms with Crippen LogP contribution in [0, 0.1) is 41.7 Å². The Kier molecular flexibility index (Phi) is 9.77. The number of phenolic OH excluding ortho intramolecular Hbond substituents is 2. The van der Waals surface area contributed by atoms with Crippen molar-refractivity contribution in [3.8, 4) is 11.5 Å². The van der Waals surface area contributed by atoms with Gasteiger partial charge < -0.3 is 29.8 Å². The van der Waals surface area contributed by atoms with Gasteiger partial charge in [-0.1, -0.05) is 103 Å². The Hall–Kier alpha value is -3.64. The highest BCUT2D eigenvalue weighted by Gasteiger charge is 2.05. The zero-order valence-corrected chi connectivity index (χ0v) is 22.3. The van der Waals surface area contributed by atoms with E-state index in [9.17, 15) is 0 Å². The Morgan fingerprint density at radius 2 is 0.590 bits per heavy atom. The molecule has 0 saturated carbocycles. The second-order valence-corrected chi connectivity index (χ2v) is 9.95. The third-order valence-corrected chi connectivity index (χ3v) is 7.01. The molecule has 0 unspecified atom stereocenters. The zero-order valence-electron chi connectivity index (χ0n) is 20.5. The lowest BCUT2D eigenvalue weighted by Gasteiger charge is -2.02. The van der Waals surface area contributed by atoms with Gasteiger partial charge in [0.05, 0.1) is 0 Å². The van der Waals surface area contributed by atoms with Gasteiger partial charge in [0, 0.05) is 6.07 Å². The standard InChI is InChI=1S/C24H16.C6H6O2.H4O5P2/c1-2-10-18-17(9-1)19-11-3-4-13-21(19)23-15-7-8-16-24(23)22-14-6-5-12-20(18)22;7-5-2-1-3-6(8)4-5;1-6(2)5-7(3)4/h1-16H;1-4,7-8H;1-4H. The number of hydrogen-bond donors (Lipinski definition) is 6. The Morgan fingerprint density at radius 3 is 0.718 bits per heavy atom. The molecule has 0 heterocycles. The van der Waals surface area contributed by atoms with E-state index in [4.69, 9.17) is 29.8 Å². The summed E-state index contributed by atoms with van der Waals surface area (Å²) < 4.78 is 3.60. The van der Waals surface area contributed by atoms with E-state index in [0.717, 1.165) is 0 Å². The van der Waals surface area contributed by atoms with E-state index in [0.29, 0.717) is 0 Å². The Morgan fingerprint density at radius 1 is 0.359 bits per heavy atom. The Bertz CT molecular complexity index is 1540. The molecule has 7 nitrogen and oxygen atoms in total. The smallest absolute Gasteiger partial charge is 0.334 e. The highest BCUT2D eigenvalue weighted by atomic mass is 31.2. The van der Waals surface area contributed by atoms with Gasteiger partial charge in [-0.15, -0.1) is 0 Å². The van der Waals surface area contributed by atoms with Crippen molar-refractivity contribution >= 4 is 17.2 Å². The van der Waals surface area contributed by atoms with Crippen LogP contribution in [-0.2, 0) is 4.31 Å². The van der Waals surface area contributed by atoms with Crippen molar-refractivity contribution in [1.82, 2.24) is 0 Å². The van der Waals surface area contributed by atoms with Crippen LogP contribution in [0.25, 0.3) is 0 Å². The summed E-state index contributed by atoms with van der Waals surface area (Å²) in [6, 6.07) is 40.8. The predicted octanol–water partition coefficient (Wildman–Crippen LogP) is 5.67. The lowest BCUT2D eigenvalue weighted by atomic mass is 10.0. The summed E-state index contributed by atoms with van der Waals surface area (Å²) in [7, 11) is -5.22. The fourth-order valence-electron chi connectivity index (χ4n) is 4.37. The lowest BCUT2D eigenvalue weighted by Crippen LogP contribution is -1.88. The van der Waals surface area contributed by atoms with Crippen LogP contribution >= 0.6 is 17.2 Å². The normalized spacial score (nSPS) is 10.8. The lowest BCUT2D eigenvalue weighted by molar-refractivity contribution is 0.324. The summed E-state index contributed by atoms with van der Waals surface area (Å²) >= 11 is 0. The molecule has 0 atom stereocenters. The molecular weight excluding hydrogens is 534 g/mol. The molecule has 5 aromatic rings. The summed E-state index contributed by atoms with van der Waals surface area (Å²) in [5, 5.41) is 27.7. The van der Waals surface area contributed by atoms with Gasteiger partial charge in [0.2, 0.25) is 0 Å². The molecule has 1 aliphatic carbocycles. The molecule has 6 N–H and O–H groups in total. The predicted molar refractivity (Wildman–Crippen MR) is 150 cm³/mol. The molecule has 9 heteroatoms. The molecule has 0 bridgehead atoms. The average Bonchev–Trinajstić information content (AvgIpc) is 2.92. The summed E-state index contributed by atoms with van der Waals surface area (Å²) in [5.74, 6) is 0.176. The Balaban J connectivity index is 0.000000194. The van der Waals surface area contributed by atoms with Gasteiger partial charge in [-0.3, -0.25) is 0 Å². The first-order valence-electron chi connectivity index (χ1n) is 11.7. The van der Waals surface area contributed by atoms with Gasteiger partial charge >= 0.3 is 17.2 Å². The van der Waals surface area contributed by atoms with Crippen LogP contribution in [-0.4, -0.2) is 29.8 Å². The number of fused-ring (bicyclic) bond motifs is 4. The minimum Gasteiger partial charge on any atom is -0.508 e. The number of phenols is 2. The maximum atomic E-state index is 8.65. The van der Waals surface area contributed by atoms with Crippen LogP contribution in [0.15, 0.2) is 121 Å². The monoisotopic (exact) mass is 560 g/mol. The van der Waals surface area contributed by atoms with Gasteiger partial charge in [-0.05, 0) is 53.9 Å². The number of benzene rings is 5. The zero-order chi connectivity index (χ0) is 27.8. The van der Waals surface area contributed by atoms with Crippen LogP contribution in [0.3, 0.4) is 0 Å². The molecule has 198 valence electrons. The first-order chi connectivity index (χ1) is 18.8. The number of hydrogen-bond acceptors (Lipinski definition) is 7. The second kappa shape index (κ2) is 13.4. The van der Waals surface area contributed by atoms with E-state index in [-0.39, 0.29) is 11.5 Å². The summed E-state index contributed by atoms with van der Waals surface area (Å²) in [5.41, 5.74) is 0. The average molecular weight is 560 g/mol. The minimum atomic E-state index is -2.61. The molecule has 0 aliphatic heterocycles. The molecule has 5 aromatic carbocycles. The minimum absolute atomic E-state index is 0.0880. The number of rotatable bonds is 2. The third-order valence-electron chi connectivity index (χ3n) is 5.84. The maximum Gasteiger partial charge on any atom is 0.334 e. The van der Waals surface area contributed by atoms with Crippen molar-refractivity contribution < 1.29 is 34.1 Å². The molecule has 0 aromatic heterocycles. The van der Waals surface area contributed by atoms with E-state index in [1.165, 1.54) is 59.9 Å². The van der Waals surface area contributed by atoms with Gasteiger partial charge in [0.15, 0.2) is 0 Å². The van der Waals surface area contributed by atoms with Crippen LogP contribution in [0.4, 0.5) is 0 Å². The van der Waals surface area contributed by atoms with Crippen LogP contribution in [0.5, 0.6) is 11.5 Å². The topological polar surface area (TPSA) is 131 Å². The Labute approximate surface area is 225 Å². The first-order valence-corrected chi connectivity index (χ1v) is 14.1. The highest BCUT2D eigenvalue weighted by Crippen LogP contribution is 2.41. The molecule has 6 rings (SSSR count). The quantitative estimate of drug-likeness (QED) is 0.151. The summed E-state index contributed by atoms with van der Waals surface area (Å²) in [4.78, 5) is 31.3. The van der Waals surface area contributed by atoms with Gasteiger partial charge in [-0.25, -0.2) is 4.31 Å².